The summed E-state index contributed by atoms with van der Waals surface area (Å²) >= 11 is 12.4. The summed E-state index contributed by atoms with van der Waals surface area (Å²) in [6.45, 7) is 1.07. The van der Waals surface area contributed by atoms with E-state index in [4.69, 9.17) is 23.2 Å². The van der Waals surface area contributed by atoms with Crippen LogP contribution in [0, 0.1) is 0 Å². The number of nitrogens with zero attached hydrogens (tertiary/aromatic N) is 2. The summed E-state index contributed by atoms with van der Waals surface area (Å²) in [6, 6.07) is 11.4. The number of guanidine groups is 1. The minimum atomic E-state index is -0.228. The van der Waals surface area contributed by atoms with Crippen LogP contribution >= 0.6 is 23.2 Å². The molecule has 2 aromatic carbocycles. The number of hydrogen-bond donors (Lipinski definition) is 1. The summed E-state index contributed by atoms with van der Waals surface area (Å²) in [5, 5.41) is 4.08. The van der Waals surface area contributed by atoms with Crippen molar-refractivity contribution in [3.05, 3.63) is 63.1 Å². The number of rotatable bonds is 2. The number of nitrogens with one attached hydrogen (secondary N) is 1. The van der Waals surface area contributed by atoms with Gasteiger partial charge in [0.15, 0.2) is 0 Å². The molecule has 1 heterocycles. The Labute approximate surface area is 162 Å². The number of halogens is 2. The third-order valence-electron chi connectivity index (χ3n) is 4.91. The van der Waals surface area contributed by atoms with Crippen LogP contribution in [-0.4, -0.2) is 29.9 Å². The predicted octanol–water partition coefficient (Wildman–Crippen LogP) is 4.80. The number of benzene rings is 2. The van der Waals surface area contributed by atoms with Gasteiger partial charge in [-0.25, -0.2) is 0 Å². The zero-order valence-electron chi connectivity index (χ0n) is 14.3. The molecule has 0 saturated carbocycles. The molecule has 0 unspecified atom stereocenters. The van der Waals surface area contributed by atoms with E-state index in [1.807, 2.05) is 0 Å². The van der Waals surface area contributed by atoms with Crippen molar-refractivity contribution in [1.82, 2.24) is 4.90 Å². The van der Waals surface area contributed by atoms with Gasteiger partial charge in [0.1, 0.15) is 0 Å². The maximum atomic E-state index is 13.0. The van der Waals surface area contributed by atoms with Crippen molar-refractivity contribution in [2.75, 3.05) is 18.4 Å². The molecule has 1 N–H and O–H groups in total. The maximum absolute atomic E-state index is 13.0. The number of carbonyl (C=O) groups is 1. The molecular weight excluding hydrogens is 369 g/mol. The van der Waals surface area contributed by atoms with E-state index in [2.05, 4.69) is 28.5 Å². The van der Waals surface area contributed by atoms with Crippen LogP contribution in [0.15, 0.2) is 41.4 Å². The molecule has 4 nitrogen and oxygen atoms in total. The second-order valence-corrected chi connectivity index (χ2v) is 7.35. The molecule has 6 heteroatoms. The summed E-state index contributed by atoms with van der Waals surface area (Å²) in [6.07, 6.45) is 4.58. The molecule has 1 aliphatic carbocycles. The van der Waals surface area contributed by atoms with Crippen LogP contribution < -0.4 is 5.32 Å². The number of aliphatic imine (C=N–C) groups is 1. The van der Waals surface area contributed by atoms with E-state index in [0.717, 1.165) is 18.5 Å². The minimum absolute atomic E-state index is 0.228. The third-order valence-corrected chi connectivity index (χ3v) is 5.53. The lowest BCUT2D eigenvalue weighted by molar-refractivity contribution is 0.0858. The highest BCUT2D eigenvalue weighted by Gasteiger charge is 2.28. The Morgan fingerprint density at radius 1 is 1.04 bits per heavy atom. The van der Waals surface area contributed by atoms with Crippen molar-refractivity contribution in [2.24, 2.45) is 4.99 Å². The SMILES string of the molecule is O=C(c1c(Cl)cccc1Cl)N1CCN=C1Nc1cccc2c1CCCC2. The highest BCUT2D eigenvalue weighted by molar-refractivity contribution is 6.40. The summed E-state index contributed by atoms with van der Waals surface area (Å²) in [5.41, 5.74) is 4.07. The van der Waals surface area contributed by atoms with E-state index in [-0.39, 0.29) is 5.91 Å². The molecule has 4 rings (SSSR count). The van der Waals surface area contributed by atoms with Gasteiger partial charge >= 0.3 is 0 Å². The Balaban J connectivity index is 1.61. The molecule has 1 amide bonds. The lowest BCUT2D eigenvalue weighted by Crippen LogP contribution is -2.39. The first-order valence-corrected chi connectivity index (χ1v) is 9.59. The van der Waals surface area contributed by atoms with E-state index in [0.29, 0.717) is 34.7 Å². The quantitative estimate of drug-likeness (QED) is 0.804. The second-order valence-electron chi connectivity index (χ2n) is 6.53. The fraction of sp³-hybridized carbons (Fsp3) is 0.300. The Hall–Kier alpha value is -2.04. The van der Waals surface area contributed by atoms with Gasteiger partial charge in [-0.3, -0.25) is 14.7 Å². The van der Waals surface area contributed by atoms with Crippen LogP contribution in [0.2, 0.25) is 10.0 Å². The fourth-order valence-corrected chi connectivity index (χ4v) is 4.17. The predicted molar refractivity (Wildman–Crippen MR) is 107 cm³/mol. The molecule has 0 aromatic heterocycles. The zero-order chi connectivity index (χ0) is 18.1. The lowest BCUT2D eigenvalue weighted by atomic mass is 9.90. The van der Waals surface area contributed by atoms with Gasteiger partial charge in [0.05, 0.1) is 22.2 Å². The molecular formula is C20H19Cl2N3O. The van der Waals surface area contributed by atoms with Crippen LogP contribution in [0.1, 0.15) is 34.3 Å². The molecule has 0 atom stereocenters. The van der Waals surface area contributed by atoms with Gasteiger partial charge in [-0.15, -0.1) is 0 Å². The normalized spacial score (nSPS) is 16.2. The van der Waals surface area contributed by atoms with Gasteiger partial charge in [-0.05, 0) is 55.0 Å². The average Bonchev–Trinajstić information content (AvgIpc) is 3.10. The van der Waals surface area contributed by atoms with Crippen molar-refractivity contribution in [1.29, 1.82) is 0 Å². The van der Waals surface area contributed by atoms with Crippen molar-refractivity contribution in [3.8, 4) is 0 Å². The summed E-state index contributed by atoms with van der Waals surface area (Å²) in [7, 11) is 0. The third kappa shape index (κ3) is 3.19. The van der Waals surface area contributed by atoms with Crippen molar-refractivity contribution < 1.29 is 4.79 Å². The summed E-state index contributed by atoms with van der Waals surface area (Å²) in [5.74, 6) is 0.333. The summed E-state index contributed by atoms with van der Waals surface area (Å²) in [4.78, 5) is 19.1. The van der Waals surface area contributed by atoms with Crippen molar-refractivity contribution in [3.63, 3.8) is 0 Å². The maximum Gasteiger partial charge on any atom is 0.263 e. The Kier molecular flexibility index (Phi) is 4.88. The lowest BCUT2D eigenvalue weighted by Gasteiger charge is -2.24. The van der Waals surface area contributed by atoms with Gasteiger partial charge in [0.25, 0.3) is 5.91 Å². The number of amides is 1. The first kappa shape index (κ1) is 17.4. The molecule has 0 fully saturated rings. The molecule has 26 heavy (non-hydrogen) atoms. The first-order chi connectivity index (χ1) is 12.6. The van der Waals surface area contributed by atoms with Gasteiger partial charge in [0, 0.05) is 12.2 Å². The Morgan fingerprint density at radius 2 is 1.77 bits per heavy atom. The molecule has 2 aromatic rings. The molecule has 2 aliphatic rings. The largest absolute Gasteiger partial charge is 0.326 e. The summed E-state index contributed by atoms with van der Waals surface area (Å²) < 4.78 is 0. The number of aryl methyl sites for hydroxylation is 1. The molecule has 134 valence electrons. The number of fused-ring (bicyclic) bond motifs is 1. The number of hydrogen-bond acceptors (Lipinski definition) is 3. The highest BCUT2D eigenvalue weighted by Crippen LogP contribution is 2.30. The van der Waals surface area contributed by atoms with Crippen LogP contribution in [0.3, 0.4) is 0 Å². The number of carbonyl (C=O) groups excluding carboxylic acids is 1. The van der Waals surface area contributed by atoms with E-state index in [1.54, 1.807) is 23.1 Å². The van der Waals surface area contributed by atoms with Crippen LogP contribution in [0.5, 0.6) is 0 Å². The van der Waals surface area contributed by atoms with Gasteiger partial charge in [-0.2, -0.15) is 0 Å². The monoisotopic (exact) mass is 387 g/mol. The van der Waals surface area contributed by atoms with Gasteiger partial charge in [-0.1, -0.05) is 41.4 Å². The molecule has 0 bridgehead atoms. The fourth-order valence-electron chi connectivity index (χ4n) is 3.61. The highest BCUT2D eigenvalue weighted by atomic mass is 35.5. The second kappa shape index (κ2) is 7.29. The molecule has 0 spiro atoms. The van der Waals surface area contributed by atoms with E-state index < -0.39 is 0 Å². The van der Waals surface area contributed by atoms with Gasteiger partial charge < -0.3 is 5.32 Å². The van der Waals surface area contributed by atoms with E-state index >= 15 is 0 Å². The van der Waals surface area contributed by atoms with Crippen LogP contribution in [-0.2, 0) is 12.8 Å². The topological polar surface area (TPSA) is 44.7 Å². The van der Waals surface area contributed by atoms with Crippen molar-refractivity contribution >= 4 is 40.8 Å². The Bertz CT molecular complexity index is 874. The van der Waals surface area contributed by atoms with E-state index in [1.165, 1.54) is 24.0 Å². The first-order valence-electron chi connectivity index (χ1n) is 8.83. The minimum Gasteiger partial charge on any atom is -0.326 e. The van der Waals surface area contributed by atoms with E-state index in [9.17, 15) is 4.79 Å². The van der Waals surface area contributed by atoms with Crippen LogP contribution in [0.25, 0.3) is 0 Å². The van der Waals surface area contributed by atoms with Gasteiger partial charge in [0.2, 0.25) is 5.96 Å². The number of anilines is 1. The average molecular weight is 388 g/mol. The zero-order valence-corrected chi connectivity index (χ0v) is 15.8. The van der Waals surface area contributed by atoms with Crippen molar-refractivity contribution in [2.45, 2.75) is 25.7 Å². The molecule has 1 aliphatic heterocycles. The smallest absolute Gasteiger partial charge is 0.263 e. The Morgan fingerprint density at radius 3 is 2.58 bits per heavy atom. The molecule has 0 saturated heterocycles. The standard InChI is InChI=1S/C20H19Cl2N3O/c21-15-8-4-9-16(22)18(15)19(26)25-12-11-23-20(25)24-17-10-3-6-13-5-1-2-7-14(13)17/h3-4,6,8-10H,1-2,5,7,11-12H2,(H,23,24). The van der Waals surface area contributed by atoms with Crippen LogP contribution in [0.4, 0.5) is 5.69 Å². The molecule has 0 radical (unpaired) electrons.